The molecule has 1 aliphatic heterocycles. The van der Waals surface area contributed by atoms with E-state index >= 15 is 0 Å². The fourth-order valence-corrected chi connectivity index (χ4v) is 4.17. The van der Waals surface area contributed by atoms with E-state index < -0.39 is 35.8 Å². The fraction of sp³-hybridized carbons (Fsp3) is 0.296. The quantitative estimate of drug-likeness (QED) is 0.376. The van der Waals surface area contributed by atoms with Crippen molar-refractivity contribution in [3.63, 3.8) is 0 Å². The highest BCUT2D eigenvalue weighted by Crippen LogP contribution is 2.27. The summed E-state index contributed by atoms with van der Waals surface area (Å²) in [5.41, 5.74) is 1.31. The largest absolute Gasteiger partial charge is 0.469 e. The van der Waals surface area contributed by atoms with Gasteiger partial charge in [0, 0.05) is 24.2 Å². The van der Waals surface area contributed by atoms with Crippen LogP contribution in [0.15, 0.2) is 54.7 Å². The molecule has 3 amide bonds. The highest BCUT2D eigenvalue weighted by atomic mass is 35.5. The Balaban J connectivity index is 1.55. The Hall–Kier alpha value is -4.25. The molecule has 0 spiro atoms. The van der Waals surface area contributed by atoms with Crippen LogP contribution in [0.2, 0.25) is 5.02 Å². The highest BCUT2D eigenvalue weighted by molar-refractivity contribution is 6.30. The Morgan fingerprint density at radius 1 is 1.18 bits per heavy atom. The van der Waals surface area contributed by atoms with Gasteiger partial charge in [-0.3, -0.25) is 19.4 Å². The van der Waals surface area contributed by atoms with Gasteiger partial charge in [0.25, 0.3) is 0 Å². The number of carbonyl (C=O) groups is 3. The molecule has 0 aliphatic carbocycles. The maximum Gasteiger partial charge on any atom is 0.328 e. The third kappa shape index (κ3) is 6.80. The first-order valence-corrected chi connectivity index (χ1v) is 12.5. The molecule has 204 valence electrons. The number of benzene rings is 1. The summed E-state index contributed by atoms with van der Waals surface area (Å²) >= 11 is 6.02. The van der Waals surface area contributed by atoms with Gasteiger partial charge in [0.15, 0.2) is 5.75 Å². The molecule has 1 fully saturated rings. The average molecular weight is 556 g/mol. The lowest BCUT2D eigenvalue weighted by Gasteiger charge is -2.41. The average Bonchev–Trinajstić information content (AvgIpc) is 2.92. The third-order valence-corrected chi connectivity index (χ3v) is 6.37. The number of nitrogens with one attached hydrogen (secondary N) is 1. The van der Waals surface area contributed by atoms with Crippen molar-refractivity contribution in [2.45, 2.75) is 33.0 Å². The first-order valence-electron chi connectivity index (χ1n) is 12.1. The normalized spacial score (nSPS) is 16.2. The lowest BCUT2D eigenvalue weighted by molar-refractivity contribution is -0.146. The number of hydrogen-bond donors (Lipinski definition) is 1. The van der Waals surface area contributed by atoms with Crippen LogP contribution in [-0.4, -0.2) is 57.5 Å². The molecule has 2 aromatic heterocycles. The molecule has 0 saturated carbocycles. The van der Waals surface area contributed by atoms with Gasteiger partial charge >= 0.3 is 12.0 Å². The smallest absolute Gasteiger partial charge is 0.328 e. The van der Waals surface area contributed by atoms with E-state index in [-0.39, 0.29) is 25.4 Å². The first-order chi connectivity index (χ1) is 18.6. The summed E-state index contributed by atoms with van der Waals surface area (Å²) in [7, 11) is 1.26. The predicted octanol–water partition coefficient (Wildman–Crippen LogP) is 4.77. The van der Waals surface area contributed by atoms with Gasteiger partial charge in [-0.1, -0.05) is 30.7 Å². The van der Waals surface area contributed by atoms with Crippen LogP contribution in [0.4, 0.5) is 15.0 Å². The van der Waals surface area contributed by atoms with Gasteiger partial charge in [0.2, 0.25) is 11.8 Å². The first kappa shape index (κ1) is 27.8. The van der Waals surface area contributed by atoms with Gasteiger partial charge in [-0.25, -0.2) is 19.2 Å². The number of anilines is 1. The molecule has 3 aromatic rings. The number of pyridine rings is 2. The number of halogens is 2. The molecule has 1 aromatic carbocycles. The molecular formula is C27H27ClFN5O5. The third-order valence-electron chi connectivity index (χ3n) is 6.11. The number of ether oxygens (including phenoxy) is 2. The summed E-state index contributed by atoms with van der Waals surface area (Å²) in [4.78, 5) is 49.5. The summed E-state index contributed by atoms with van der Waals surface area (Å²) in [6.45, 7) is 3.40. The number of aryl methyl sites for hydroxylation is 1. The number of carbonyl (C=O) groups excluding carboxylic acids is 3. The number of hydrogen-bond acceptors (Lipinski definition) is 8. The predicted molar refractivity (Wildman–Crippen MR) is 141 cm³/mol. The van der Waals surface area contributed by atoms with Crippen LogP contribution in [0.3, 0.4) is 0 Å². The van der Waals surface area contributed by atoms with Gasteiger partial charge < -0.3 is 14.8 Å². The number of nitrogens with zero attached hydrogens (tertiary/aromatic N) is 4. The molecule has 1 N–H and O–H groups in total. The zero-order valence-electron chi connectivity index (χ0n) is 21.6. The van der Waals surface area contributed by atoms with Crippen molar-refractivity contribution in [3.05, 3.63) is 76.8 Å². The Morgan fingerprint density at radius 2 is 1.92 bits per heavy atom. The zero-order valence-corrected chi connectivity index (χ0v) is 22.3. The van der Waals surface area contributed by atoms with Crippen molar-refractivity contribution in [1.82, 2.24) is 19.8 Å². The molecule has 2 atom stereocenters. The second-order valence-electron chi connectivity index (χ2n) is 9.03. The van der Waals surface area contributed by atoms with Crippen molar-refractivity contribution in [3.8, 4) is 11.6 Å². The second-order valence-corrected chi connectivity index (χ2v) is 9.46. The van der Waals surface area contributed by atoms with Crippen molar-refractivity contribution in [2.24, 2.45) is 5.92 Å². The topological polar surface area (TPSA) is 114 Å². The standard InChI is InChI=1S/C27H27ClFN5O5/c1-16(26(36)38-3)14-34-25(35)12-23(33(27(34)37)15-18-4-6-19(28)7-5-18)32-22-10-9-21(17(2)31-22)39-24-11-8-20(29)13-30-24/h4-11,13,16,23H,12,14-15H2,1-3H3,(H,31,32)/t16-,23?/m0/s1. The van der Waals surface area contributed by atoms with E-state index in [9.17, 15) is 18.8 Å². The minimum atomic E-state index is -0.720. The Morgan fingerprint density at radius 3 is 2.56 bits per heavy atom. The lowest BCUT2D eigenvalue weighted by atomic mass is 10.1. The van der Waals surface area contributed by atoms with E-state index in [1.54, 1.807) is 50.2 Å². The summed E-state index contributed by atoms with van der Waals surface area (Å²) in [6.07, 6.45) is 0.282. The summed E-state index contributed by atoms with van der Waals surface area (Å²) < 4.78 is 23.6. The van der Waals surface area contributed by atoms with E-state index in [0.717, 1.165) is 16.7 Å². The van der Waals surface area contributed by atoms with Crippen molar-refractivity contribution in [1.29, 1.82) is 0 Å². The molecule has 4 rings (SSSR count). The molecule has 0 bridgehead atoms. The van der Waals surface area contributed by atoms with Gasteiger partial charge in [-0.15, -0.1) is 0 Å². The number of urea groups is 1. The van der Waals surface area contributed by atoms with E-state index in [1.165, 1.54) is 24.1 Å². The summed E-state index contributed by atoms with van der Waals surface area (Å²) in [5.74, 6) is -1.07. The number of rotatable bonds is 9. The minimum Gasteiger partial charge on any atom is -0.469 e. The van der Waals surface area contributed by atoms with Gasteiger partial charge in [-0.2, -0.15) is 0 Å². The van der Waals surface area contributed by atoms with Gasteiger partial charge in [0.1, 0.15) is 17.8 Å². The monoisotopic (exact) mass is 555 g/mol. The molecule has 3 heterocycles. The Labute approximate surface area is 229 Å². The van der Waals surface area contributed by atoms with Crippen molar-refractivity contribution >= 4 is 35.3 Å². The van der Waals surface area contributed by atoms with Crippen LogP contribution >= 0.6 is 11.6 Å². The summed E-state index contributed by atoms with van der Waals surface area (Å²) in [6, 6.07) is 12.4. The van der Waals surface area contributed by atoms with E-state index in [2.05, 4.69) is 15.3 Å². The zero-order chi connectivity index (χ0) is 28.1. The molecule has 0 radical (unpaired) electrons. The van der Waals surface area contributed by atoms with Crippen LogP contribution in [0.5, 0.6) is 11.6 Å². The number of methoxy groups -OCH3 is 1. The van der Waals surface area contributed by atoms with Crippen LogP contribution in [-0.2, 0) is 20.9 Å². The van der Waals surface area contributed by atoms with E-state index in [1.807, 2.05) is 0 Å². The maximum absolute atomic E-state index is 13.5. The second kappa shape index (κ2) is 12.1. The molecule has 39 heavy (non-hydrogen) atoms. The minimum absolute atomic E-state index is 0.0499. The number of esters is 1. The van der Waals surface area contributed by atoms with Crippen LogP contribution in [0.25, 0.3) is 0 Å². The lowest BCUT2D eigenvalue weighted by Crippen LogP contribution is -2.59. The van der Waals surface area contributed by atoms with Crippen molar-refractivity contribution < 1.29 is 28.2 Å². The molecule has 1 saturated heterocycles. The van der Waals surface area contributed by atoms with Crippen LogP contribution in [0, 0.1) is 18.7 Å². The molecule has 12 heteroatoms. The molecule has 10 nitrogen and oxygen atoms in total. The van der Waals surface area contributed by atoms with Gasteiger partial charge in [-0.05, 0) is 42.8 Å². The number of amides is 3. The molecule has 1 aliphatic rings. The van der Waals surface area contributed by atoms with Gasteiger partial charge in [0.05, 0.1) is 31.3 Å². The highest BCUT2D eigenvalue weighted by Gasteiger charge is 2.40. The Bertz CT molecular complexity index is 1360. The van der Waals surface area contributed by atoms with Crippen LogP contribution in [0.1, 0.15) is 24.6 Å². The Kier molecular flexibility index (Phi) is 8.60. The number of imide groups is 1. The maximum atomic E-state index is 13.5. The van der Waals surface area contributed by atoms with Crippen molar-refractivity contribution in [2.75, 3.05) is 19.0 Å². The van der Waals surface area contributed by atoms with Crippen LogP contribution < -0.4 is 10.1 Å². The number of aromatic nitrogens is 2. The summed E-state index contributed by atoms with van der Waals surface area (Å²) in [5, 5.41) is 3.73. The van der Waals surface area contributed by atoms with E-state index in [4.69, 9.17) is 21.1 Å². The molecular weight excluding hydrogens is 529 g/mol. The van der Waals surface area contributed by atoms with E-state index in [0.29, 0.717) is 22.3 Å². The fourth-order valence-electron chi connectivity index (χ4n) is 4.05. The SMILES string of the molecule is COC(=O)[C@@H](C)CN1C(=O)CC(Nc2ccc(Oc3ccc(F)cn3)c(C)n2)N(Cc2ccc(Cl)cc2)C1=O. The molecule has 1 unspecified atom stereocenters.